The van der Waals surface area contributed by atoms with Gasteiger partial charge < -0.3 is 10.6 Å². The molecule has 114 valence electrons. The van der Waals surface area contributed by atoms with Crippen molar-refractivity contribution >= 4 is 27.5 Å². The summed E-state index contributed by atoms with van der Waals surface area (Å²) in [6.45, 7) is 7.80. The Labute approximate surface area is 121 Å². The van der Waals surface area contributed by atoms with E-state index in [0.29, 0.717) is 11.5 Å². The fourth-order valence-corrected chi connectivity index (χ4v) is 3.73. The third-order valence-corrected chi connectivity index (χ3v) is 4.43. The highest BCUT2D eigenvalue weighted by molar-refractivity contribution is 8.00. The van der Waals surface area contributed by atoms with Crippen molar-refractivity contribution in [3.63, 3.8) is 0 Å². The second kappa shape index (κ2) is 8.81. The Balaban J connectivity index is 4.24. The van der Waals surface area contributed by atoms with Crippen LogP contribution in [0.15, 0.2) is 0 Å². The van der Waals surface area contributed by atoms with Crippen molar-refractivity contribution < 1.29 is 13.2 Å². The van der Waals surface area contributed by atoms with Gasteiger partial charge in [0, 0.05) is 29.8 Å². The van der Waals surface area contributed by atoms with Gasteiger partial charge in [0.15, 0.2) is 0 Å². The summed E-state index contributed by atoms with van der Waals surface area (Å²) in [5, 5.41) is 6.07. The summed E-state index contributed by atoms with van der Waals surface area (Å²) < 4.78 is 22.0. The number of carbonyl (C=O) groups excluding carboxylic acids is 1. The van der Waals surface area contributed by atoms with Crippen molar-refractivity contribution in [2.75, 3.05) is 23.5 Å². The normalized spacial score (nSPS) is 13.8. The van der Waals surface area contributed by atoms with E-state index in [2.05, 4.69) is 10.6 Å². The minimum Gasteiger partial charge on any atom is -0.353 e. The van der Waals surface area contributed by atoms with Gasteiger partial charge in [0.05, 0.1) is 11.8 Å². The van der Waals surface area contributed by atoms with Gasteiger partial charge in [-0.1, -0.05) is 13.8 Å². The van der Waals surface area contributed by atoms with E-state index in [1.165, 1.54) is 18.0 Å². The largest absolute Gasteiger partial charge is 0.353 e. The molecule has 5 nitrogen and oxygen atoms in total. The van der Waals surface area contributed by atoms with Gasteiger partial charge in [0.1, 0.15) is 9.84 Å². The Hall–Kier alpha value is -0.270. The van der Waals surface area contributed by atoms with Gasteiger partial charge in [0.2, 0.25) is 5.91 Å². The predicted octanol–water partition coefficient (Wildman–Crippen LogP) is 0.655. The van der Waals surface area contributed by atoms with Crippen molar-refractivity contribution in [1.82, 2.24) is 10.6 Å². The Kier molecular flexibility index (Phi) is 8.69. The van der Waals surface area contributed by atoms with Crippen LogP contribution in [0.25, 0.3) is 0 Å². The molecular formula is C12H26N2O3S2. The molecule has 0 rings (SSSR count). The summed E-state index contributed by atoms with van der Waals surface area (Å²) in [4.78, 5) is 12.0. The lowest BCUT2D eigenvalue weighted by atomic mass is 10.2. The molecular weight excluding hydrogens is 284 g/mol. The van der Waals surface area contributed by atoms with Crippen LogP contribution in [-0.2, 0) is 14.6 Å². The van der Waals surface area contributed by atoms with E-state index < -0.39 is 9.84 Å². The monoisotopic (exact) mass is 310 g/mol. The Morgan fingerprint density at radius 3 is 2.16 bits per heavy atom. The number of amides is 1. The van der Waals surface area contributed by atoms with Crippen LogP contribution in [-0.4, -0.2) is 56.0 Å². The zero-order valence-corrected chi connectivity index (χ0v) is 14.0. The zero-order valence-electron chi connectivity index (χ0n) is 12.4. The lowest BCUT2D eigenvalue weighted by molar-refractivity contribution is -0.123. The first kappa shape index (κ1) is 18.7. The number of rotatable bonds is 9. The highest BCUT2D eigenvalue weighted by Gasteiger charge is 2.19. The molecule has 0 bridgehead atoms. The Bertz CT molecular complexity index is 367. The predicted molar refractivity (Wildman–Crippen MR) is 82.4 cm³/mol. The number of carbonyl (C=O) groups is 1. The maximum Gasteiger partial charge on any atom is 0.238 e. The zero-order chi connectivity index (χ0) is 15.1. The van der Waals surface area contributed by atoms with Crippen molar-refractivity contribution in [2.24, 2.45) is 0 Å². The van der Waals surface area contributed by atoms with E-state index >= 15 is 0 Å². The van der Waals surface area contributed by atoms with Crippen LogP contribution in [0.3, 0.4) is 0 Å². The van der Waals surface area contributed by atoms with E-state index in [1.54, 1.807) is 0 Å². The molecule has 0 spiro atoms. The molecule has 0 saturated heterocycles. The summed E-state index contributed by atoms with van der Waals surface area (Å²) in [5.41, 5.74) is 0. The van der Waals surface area contributed by atoms with Gasteiger partial charge in [-0.3, -0.25) is 4.79 Å². The average Bonchev–Trinajstić information content (AvgIpc) is 2.19. The molecule has 0 heterocycles. The van der Waals surface area contributed by atoms with Gasteiger partial charge in [0.25, 0.3) is 0 Å². The smallest absolute Gasteiger partial charge is 0.238 e. The molecule has 1 amide bonds. The highest BCUT2D eigenvalue weighted by Crippen LogP contribution is 2.06. The van der Waals surface area contributed by atoms with Gasteiger partial charge in [-0.2, -0.15) is 11.8 Å². The Morgan fingerprint density at radius 2 is 1.74 bits per heavy atom. The first-order valence-electron chi connectivity index (χ1n) is 6.43. The molecule has 0 aromatic carbocycles. The molecule has 0 radical (unpaired) electrons. The molecule has 0 aliphatic rings. The summed E-state index contributed by atoms with van der Waals surface area (Å²) >= 11 is 1.48. The minimum atomic E-state index is -2.93. The molecule has 19 heavy (non-hydrogen) atoms. The van der Waals surface area contributed by atoms with Crippen LogP contribution >= 0.6 is 11.8 Å². The van der Waals surface area contributed by atoms with Gasteiger partial charge >= 0.3 is 0 Å². The quantitative estimate of drug-likeness (QED) is 0.612. The van der Waals surface area contributed by atoms with Crippen molar-refractivity contribution in [3.8, 4) is 0 Å². The summed E-state index contributed by atoms with van der Waals surface area (Å²) in [7, 11) is -2.93. The van der Waals surface area contributed by atoms with Crippen molar-refractivity contribution in [2.45, 2.75) is 45.8 Å². The SMILES string of the molecule is CC(C)NC(=O)C(CSCCS(C)(=O)=O)NC(C)C. The van der Waals surface area contributed by atoms with Crippen molar-refractivity contribution in [1.29, 1.82) is 0 Å². The van der Waals surface area contributed by atoms with Gasteiger partial charge in [-0.15, -0.1) is 0 Å². The van der Waals surface area contributed by atoms with Crippen LogP contribution in [0.1, 0.15) is 27.7 Å². The fraction of sp³-hybridized carbons (Fsp3) is 0.917. The number of thioether (sulfide) groups is 1. The third-order valence-electron chi connectivity index (χ3n) is 2.16. The maximum atomic E-state index is 12.0. The summed E-state index contributed by atoms with van der Waals surface area (Å²) in [6, 6.07) is 0.0235. The van der Waals surface area contributed by atoms with Crippen LogP contribution < -0.4 is 10.6 Å². The standard InChI is InChI=1S/C12H26N2O3S2/c1-9(2)13-11(12(15)14-10(3)4)8-18-6-7-19(5,16)17/h9-11,13H,6-8H2,1-5H3,(H,14,15). The number of sulfone groups is 1. The topological polar surface area (TPSA) is 75.3 Å². The highest BCUT2D eigenvalue weighted by atomic mass is 32.2. The van der Waals surface area contributed by atoms with Crippen LogP contribution in [0.4, 0.5) is 0 Å². The molecule has 1 atom stereocenters. The molecule has 0 aliphatic carbocycles. The second-order valence-electron chi connectivity index (χ2n) is 5.24. The first-order chi connectivity index (χ1) is 8.61. The minimum absolute atomic E-state index is 0.0319. The second-order valence-corrected chi connectivity index (χ2v) is 8.65. The molecule has 0 aromatic heterocycles. The summed E-state index contributed by atoms with van der Waals surface area (Å²) in [5.74, 6) is 1.21. The number of hydrogen-bond acceptors (Lipinski definition) is 5. The average molecular weight is 310 g/mol. The van der Waals surface area contributed by atoms with E-state index in [0.717, 1.165) is 0 Å². The van der Waals surface area contributed by atoms with Gasteiger partial charge in [-0.25, -0.2) is 8.42 Å². The number of hydrogen-bond donors (Lipinski definition) is 2. The van der Waals surface area contributed by atoms with E-state index in [4.69, 9.17) is 0 Å². The lowest BCUT2D eigenvalue weighted by Crippen LogP contribution is -2.50. The van der Waals surface area contributed by atoms with E-state index in [1.807, 2.05) is 27.7 Å². The van der Waals surface area contributed by atoms with Crippen LogP contribution in [0.2, 0.25) is 0 Å². The Morgan fingerprint density at radius 1 is 1.16 bits per heavy atom. The molecule has 0 fully saturated rings. The molecule has 1 unspecified atom stereocenters. The van der Waals surface area contributed by atoms with Gasteiger partial charge in [-0.05, 0) is 13.8 Å². The summed E-state index contributed by atoms with van der Waals surface area (Å²) in [6.07, 6.45) is 1.23. The molecule has 0 saturated carbocycles. The molecule has 7 heteroatoms. The number of nitrogens with one attached hydrogen (secondary N) is 2. The first-order valence-corrected chi connectivity index (χ1v) is 9.65. The van der Waals surface area contributed by atoms with Crippen LogP contribution in [0.5, 0.6) is 0 Å². The third kappa shape index (κ3) is 11.3. The van der Waals surface area contributed by atoms with Crippen LogP contribution in [0, 0.1) is 0 Å². The fourth-order valence-electron chi connectivity index (χ4n) is 1.40. The molecule has 0 aromatic rings. The maximum absolute atomic E-state index is 12.0. The van der Waals surface area contributed by atoms with E-state index in [-0.39, 0.29) is 29.8 Å². The van der Waals surface area contributed by atoms with E-state index in [9.17, 15) is 13.2 Å². The van der Waals surface area contributed by atoms with Crippen molar-refractivity contribution in [3.05, 3.63) is 0 Å². The molecule has 2 N–H and O–H groups in total. The lowest BCUT2D eigenvalue weighted by Gasteiger charge is -2.21. The molecule has 0 aliphatic heterocycles.